The third kappa shape index (κ3) is 4.00. The number of fused-ring (bicyclic) bond motifs is 1. The SMILES string of the molecule is CSc1nnc(NC(=O)[C@@H]2CN(S(=O)(=O)c3ccccc3)c3ccc(C)cc3O2)s1. The van der Waals surface area contributed by atoms with Gasteiger partial charge in [-0.25, -0.2) is 8.42 Å². The Morgan fingerprint density at radius 1 is 1.23 bits per heavy atom. The van der Waals surface area contributed by atoms with Gasteiger partial charge in [0.05, 0.1) is 17.1 Å². The molecule has 4 rings (SSSR count). The molecule has 2 aromatic carbocycles. The van der Waals surface area contributed by atoms with Crippen molar-refractivity contribution in [2.75, 3.05) is 22.4 Å². The number of ether oxygens (including phenoxy) is 1. The lowest BCUT2D eigenvalue weighted by molar-refractivity contribution is -0.122. The molecule has 0 fully saturated rings. The van der Waals surface area contributed by atoms with Gasteiger partial charge >= 0.3 is 0 Å². The van der Waals surface area contributed by atoms with E-state index < -0.39 is 22.0 Å². The Bertz CT molecular complexity index is 1180. The highest BCUT2D eigenvalue weighted by atomic mass is 32.2. The lowest BCUT2D eigenvalue weighted by atomic mass is 10.1. The molecule has 0 unspecified atom stereocenters. The normalized spacial score (nSPS) is 15.9. The molecular formula is C19H18N4O4S3. The second-order valence-corrected chi connectivity index (χ2v) is 10.4. The Morgan fingerprint density at radius 3 is 2.70 bits per heavy atom. The van der Waals surface area contributed by atoms with E-state index in [0.29, 0.717) is 20.9 Å². The number of hydrogen-bond acceptors (Lipinski definition) is 8. The zero-order chi connectivity index (χ0) is 21.3. The zero-order valence-corrected chi connectivity index (χ0v) is 18.6. The van der Waals surface area contributed by atoms with Crippen LogP contribution in [0.4, 0.5) is 10.8 Å². The topological polar surface area (TPSA) is 101 Å². The van der Waals surface area contributed by atoms with E-state index in [1.807, 2.05) is 13.2 Å². The molecule has 3 aromatic rings. The average molecular weight is 463 g/mol. The van der Waals surface area contributed by atoms with Crippen molar-refractivity contribution in [3.8, 4) is 5.75 Å². The molecule has 11 heteroatoms. The van der Waals surface area contributed by atoms with Gasteiger partial charge < -0.3 is 4.74 Å². The average Bonchev–Trinajstić information content (AvgIpc) is 3.20. The van der Waals surface area contributed by atoms with Crippen LogP contribution in [0.2, 0.25) is 0 Å². The van der Waals surface area contributed by atoms with E-state index in [1.165, 1.54) is 39.5 Å². The van der Waals surface area contributed by atoms with Crippen LogP contribution < -0.4 is 14.4 Å². The molecule has 8 nitrogen and oxygen atoms in total. The maximum Gasteiger partial charge on any atom is 0.269 e. The lowest BCUT2D eigenvalue weighted by Crippen LogP contribution is -2.48. The van der Waals surface area contributed by atoms with Crippen molar-refractivity contribution < 1.29 is 17.9 Å². The van der Waals surface area contributed by atoms with Crippen LogP contribution in [-0.2, 0) is 14.8 Å². The molecule has 0 radical (unpaired) electrons. The van der Waals surface area contributed by atoms with Gasteiger partial charge in [0.1, 0.15) is 5.75 Å². The van der Waals surface area contributed by atoms with E-state index >= 15 is 0 Å². The first-order chi connectivity index (χ1) is 14.4. The Morgan fingerprint density at radius 2 is 2.00 bits per heavy atom. The van der Waals surface area contributed by atoms with Crippen molar-refractivity contribution >= 4 is 49.8 Å². The van der Waals surface area contributed by atoms with E-state index in [2.05, 4.69) is 15.5 Å². The molecule has 0 saturated heterocycles. The van der Waals surface area contributed by atoms with Crippen LogP contribution in [0, 0.1) is 6.92 Å². The molecule has 0 aliphatic carbocycles. The van der Waals surface area contributed by atoms with Gasteiger partial charge in [0.2, 0.25) is 5.13 Å². The minimum absolute atomic E-state index is 0.145. The van der Waals surface area contributed by atoms with Crippen LogP contribution in [0.25, 0.3) is 0 Å². The maximum atomic E-state index is 13.3. The van der Waals surface area contributed by atoms with Crippen LogP contribution in [0.5, 0.6) is 5.75 Å². The van der Waals surface area contributed by atoms with E-state index in [1.54, 1.807) is 36.4 Å². The smallest absolute Gasteiger partial charge is 0.269 e. The van der Waals surface area contributed by atoms with Crippen molar-refractivity contribution in [1.29, 1.82) is 0 Å². The Kier molecular flexibility index (Phi) is 5.67. The van der Waals surface area contributed by atoms with Gasteiger partial charge in [0.25, 0.3) is 15.9 Å². The second kappa shape index (κ2) is 8.25. The van der Waals surface area contributed by atoms with Gasteiger partial charge in [-0.2, -0.15) is 0 Å². The molecule has 1 amide bonds. The molecule has 1 aromatic heterocycles. The summed E-state index contributed by atoms with van der Waals surface area (Å²) in [6.07, 6.45) is 0.821. The van der Waals surface area contributed by atoms with Gasteiger partial charge in [-0.15, -0.1) is 10.2 Å². The Labute approximate surface area is 182 Å². The van der Waals surface area contributed by atoms with Crippen molar-refractivity contribution in [3.63, 3.8) is 0 Å². The number of nitrogens with one attached hydrogen (secondary N) is 1. The van der Waals surface area contributed by atoms with Gasteiger partial charge in [-0.05, 0) is 43.0 Å². The fraction of sp³-hybridized carbons (Fsp3) is 0.211. The molecular weight excluding hydrogens is 444 g/mol. The minimum Gasteiger partial charge on any atom is -0.476 e. The molecule has 156 valence electrons. The second-order valence-electron chi connectivity index (χ2n) is 6.49. The molecule has 1 aliphatic rings. The number of thioether (sulfide) groups is 1. The number of aromatic nitrogens is 2. The summed E-state index contributed by atoms with van der Waals surface area (Å²) in [7, 11) is -3.88. The van der Waals surface area contributed by atoms with Crippen LogP contribution in [0.1, 0.15) is 5.56 Å². The van der Waals surface area contributed by atoms with Crippen LogP contribution in [0.15, 0.2) is 57.8 Å². The molecule has 1 aliphatic heterocycles. The quantitative estimate of drug-likeness (QED) is 0.459. The summed E-state index contributed by atoms with van der Waals surface area (Å²) in [6.45, 7) is 1.71. The maximum absolute atomic E-state index is 13.3. The highest BCUT2D eigenvalue weighted by molar-refractivity contribution is 8.00. The highest BCUT2D eigenvalue weighted by Crippen LogP contribution is 2.38. The number of aryl methyl sites for hydroxylation is 1. The zero-order valence-electron chi connectivity index (χ0n) is 16.1. The predicted molar refractivity (Wildman–Crippen MR) is 117 cm³/mol. The third-order valence-electron chi connectivity index (χ3n) is 4.42. The standard InChI is InChI=1S/C19H18N4O4S3/c1-12-8-9-14-15(10-12)27-16(17(24)20-18-21-22-19(28-2)29-18)11-23(14)30(25,26)13-6-4-3-5-7-13/h3-10,16H,11H2,1-2H3,(H,20,21,24)/t16-/m0/s1. The van der Waals surface area contributed by atoms with Crippen LogP contribution in [-0.4, -0.2) is 43.4 Å². The molecule has 1 N–H and O–H groups in total. The predicted octanol–water partition coefficient (Wildman–Crippen LogP) is 3.16. The summed E-state index contributed by atoms with van der Waals surface area (Å²) in [5.74, 6) is -0.151. The Hall–Kier alpha value is -2.63. The van der Waals surface area contributed by atoms with Crippen LogP contribution in [0.3, 0.4) is 0 Å². The first-order valence-electron chi connectivity index (χ1n) is 8.92. The van der Waals surface area contributed by atoms with Crippen molar-refractivity contribution in [2.45, 2.75) is 22.3 Å². The summed E-state index contributed by atoms with van der Waals surface area (Å²) < 4.78 is 34.4. The number of rotatable bonds is 5. The summed E-state index contributed by atoms with van der Waals surface area (Å²) in [5.41, 5.74) is 1.29. The minimum atomic E-state index is -3.88. The number of anilines is 2. The first-order valence-corrected chi connectivity index (χ1v) is 12.4. The summed E-state index contributed by atoms with van der Waals surface area (Å²) in [6, 6.07) is 13.3. The van der Waals surface area contributed by atoms with Gasteiger partial charge in [0, 0.05) is 0 Å². The highest BCUT2D eigenvalue weighted by Gasteiger charge is 2.37. The molecule has 0 saturated carbocycles. The summed E-state index contributed by atoms with van der Waals surface area (Å²) >= 11 is 2.66. The van der Waals surface area contributed by atoms with E-state index in [4.69, 9.17) is 4.74 Å². The van der Waals surface area contributed by atoms with Crippen molar-refractivity contribution in [3.05, 3.63) is 54.1 Å². The van der Waals surface area contributed by atoms with Gasteiger partial charge in [0.15, 0.2) is 10.4 Å². The largest absolute Gasteiger partial charge is 0.476 e. The number of hydrogen-bond donors (Lipinski definition) is 1. The fourth-order valence-electron chi connectivity index (χ4n) is 2.97. The molecule has 0 bridgehead atoms. The van der Waals surface area contributed by atoms with Crippen molar-refractivity contribution in [1.82, 2.24) is 10.2 Å². The molecule has 30 heavy (non-hydrogen) atoms. The van der Waals surface area contributed by atoms with E-state index in [9.17, 15) is 13.2 Å². The van der Waals surface area contributed by atoms with Crippen molar-refractivity contribution in [2.24, 2.45) is 0 Å². The first kappa shape index (κ1) is 20.6. The van der Waals surface area contributed by atoms with Gasteiger partial charge in [-0.1, -0.05) is 47.4 Å². The number of nitrogens with zero attached hydrogens (tertiary/aromatic N) is 3. The Balaban J connectivity index is 1.67. The number of benzene rings is 2. The van der Waals surface area contributed by atoms with E-state index in [0.717, 1.165) is 5.56 Å². The van der Waals surface area contributed by atoms with E-state index in [-0.39, 0.29) is 11.4 Å². The monoisotopic (exact) mass is 462 g/mol. The number of carbonyl (C=O) groups is 1. The molecule has 2 heterocycles. The summed E-state index contributed by atoms with van der Waals surface area (Å²) in [4.78, 5) is 13.0. The summed E-state index contributed by atoms with van der Waals surface area (Å²) in [5, 5.41) is 10.9. The molecule has 1 atom stereocenters. The molecule has 0 spiro atoms. The fourth-order valence-corrected chi connectivity index (χ4v) is 5.64. The third-order valence-corrected chi connectivity index (χ3v) is 8.03. The van der Waals surface area contributed by atoms with Gasteiger partial charge in [-0.3, -0.25) is 14.4 Å². The number of carbonyl (C=O) groups excluding carboxylic acids is 1. The lowest BCUT2D eigenvalue weighted by Gasteiger charge is -2.34. The van der Waals surface area contributed by atoms with Crippen LogP contribution >= 0.6 is 23.1 Å². The number of amides is 1. The number of sulfonamides is 1.